The van der Waals surface area contributed by atoms with Crippen LogP contribution in [0.2, 0.25) is 0 Å². The summed E-state index contributed by atoms with van der Waals surface area (Å²) in [4.78, 5) is 12.7. The third-order valence-corrected chi connectivity index (χ3v) is 4.93. The average Bonchev–Trinajstić information content (AvgIpc) is 2.89. The predicted molar refractivity (Wildman–Crippen MR) is 97.5 cm³/mol. The smallest absolute Gasteiger partial charge is 0.317 e. The van der Waals surface area contributed by atoms with E-state index in [-0.39, 0.29) is 12.6 Å². The Morgan fingerprint density at radius 2 is 1.84 bits per heavy atom. The Hall–Kier alpha value is -2.17. The number of hydrogen-bond acceptors (Lipinski definition) is 3. The summed E-state index contributed by atoms with van der Waals surface area (Å²) in [5.41, 5.74) is 3.17. The molecule has 3 rings (SSSR count). The molecule has 0 radical (unpaired) electrons. The van der Waals surface area contributed by atoms with Crippen molar-refractivity contribution in [2.24, 2.45) is 0 Å². The summed E-state index contributed by atoms with van der Waals surface area (Å²) in [7, 11) is 1.84. The lowest BCUT2D eigenvalue weighted by atomic mass is 9.82. The lowest BCUT2D eigenvalue weighted by Crippen LogP contribution is -2.31. The molecule has 2 aromatic carbocycles. The second kappa shape index (κ2) is 7.38. The van der Waals surface area contributed by atoms with Gasteiger partial charge in [0.1, 0.15) is 5.60 Å². The van der Waals surface area contributed by atoms with Crippen molar-refractivity contribution < 1.29 is 14.6 Å². The number of carboxylic acid groups (broad SMARTS) is 1. The van der Waals surface area contributed by atoms with Gasteiger partial charge >= 0.3 is 5.97 Å². The number of aliphatic carboxylic acids is 1. The average molecular weight is 339 g/mol. The number of carbonyl (C=O) groups is 1. The van der Waals surface area contributed by atoms with E-state index in [2.05, 4.69) is 43.3 Å². The molecule has 0 bridgehead atoms. The third kappa shape index (κ3) is 3.60. The molecular formula is C21H25NO3. The molecule has 1 N–H and O–H groups in total. The van der Waals surface area contributed by atoms with E-state index in [1.54, 1.807) is 0 Å². The minimum atomic E-state index is -0.795. The van der Waals surface area contributed by atoms with Gasteiger partial charge in [-0.3, -0.25) is 9.69 Å². The first-order valence-electron chi connectivity index (χ1n) is 8.76. The Kier molecular flexibility index (Phi) is 5.21. The van der Waals surface area contributed by atoms with Crippen LogP contribution in [-0.2, 0) is 15.1 Å². The van der Waals surface area contributed by atoms with Gasteiger partial charge in [0.2, 0.25) is 0 Å². The molecule has 0 amide bonds. The minimum absolute atomic E-state index is 0.0492. The lowest BCUT2D eigenvalue weighted by molar-refractivity contribution is -0.138. The van der Waals surface area contributed by atoms with Crippen LogP contribution in [0.3, 0.4) is 0 Å². The Balaban J connectivity index is 1.87. The highest BCUT2D eigenvalue weighted by molar-refractivity contribution is 5.69. The molecule has 2 aromatic rings. The highest BCUT2D eigenvalue weighted by atomic mass is 16.5. The highest BCUT2D eigenvalue weighted by Crippen LogP contribution is 2.49. The van der Waals surface area contributed by atoms with Crippen LogP contribution in [0.15, 0.2) is 54.6 Å². The number of hydrogen-bond donors (Lipinski definition) is 1. The topological polar surface area (TPSA) is 49.8 Å². The van der Waals surface area contributed by atoms with Crippen molar-refractivity contribution in [2.45, 2.75) is 31.5 Å². The van der Waals surface area contributed by atoms with E-state index in [1.165, 1.54) is 11.1 Å². The van der Waals surface area contributed by atoms with Crippen molar-refractivity contribution in [1.82, 2.24) is 4.90 Å². The van der Waals surface area contributed by atoms with E-state index in [0.29, 0.717) is 0 Å². The summed E-state index contributed by atoms with van der Waals surface area (Å²) in [6.07, 6.45) is 1.73. The number of rotatable bonds is 7. The standard InChI is InChI=1S/C21H25NO3/c1-16-18-11-6-7-12-19(18)21(25-16,17-9-4-3-5-10-17)13-8-14-22(2)15-20(23)24/h3-7,9-12,16H,8,13-15H2,1-2H3,(H,23,24). The zero-order valence-electron chi connectivity index (χ0n) is 14.8. The summed E-state index contributed by atoms with van der Waals surface area (Å²) in [6.45, 7) is 2.88. The van der Waals surface area contributed by atoms with Gasteiger partial charge in [-0.1, -0.05) is 54.6 Å². The monoisotopic (exact) mass is 339 g/mol. The maximum Gasteiger partial charge on any atom is 0.317 e. The maximum absolute atomic E-state index is 10.9. The Bertz CT molecular complexity index is 731. The fourth-order valence-corrected chi connectivity index (χ4v) is 3.82. The van der Waals surface area contributed by atoms with Crippen LogP contribution in [0.25, 0.3) is 0 Å². The molecule has 0 saturated carbocycles. The number of carboxylic acids is 1. The molecule has 1 aliphatic rings. The fraction of sp³-hybridized carbons (Fsp3) is 0.381. The van der Waals surface area contributed by atoms with Gasteiger partial charge in [-0.2, -0.15) is 0 Å². The quantitative estimate of drug-likeness (QED) is 0.833. The van der Waals surface area contributed by atoms with E-state index < -0.39 is 11.6 Å². The SMILES string of the molecule is CC1OC(CCCN(C)CC(=O)O)(c2ccccc2)c2ccccc21. The highest BCUT2D eigenvalue weighted by Gasteiger charge is 2.44. The zero-order chi connectivity index (χ0) is 17.9. The second-order valence-electron chi connectivity index (χ2n) is 6.78. The van der Waals surface area contributed by atoms with Crippen LogP contribution in [0.4, 0.5) is 0 Å². The summed E-state index contributed by atoms with van der Waals surface area (Å²) in [5.74, 6) is -0.795. The number of fused-ring (bicyclic) bond motifs is 1. The maximum atomic E-state index is 10.9. The van der Waals surface area contributed by atoms with Crippen molar-refractivity contribution in [2.75, 3.05) is 20.1 Å². The largest absolute Gasteiger partial charge is 0.480 e. The summed E-state index contributed by atoms with van der Waals surface area (Å²) in [6, 6.07) is 18.8. The zero-order valence-corrected chi connectivity index (χ0v) is 14.8. The molecule has 2 atom stereocenters. The summed E-state index contributed by atoms with van der Waals surface area (Å²) < 4.78 is 6.53. The van der Waals surface area contributed by atoms with E-state index in [0.717, 1.165) is 24.9 Å². The number of ether oxygens (including phenoxy) is 1. The fourth-order valence-electron chi connectivity index (χ4n) is 3.82. The van der Waals surface area contributed by atoms with Crippen LogP contribution in [0.1, 0.15) is 42.6 Å². The summed E-state index contributed by atoms with van der Waals surface area (Å²) >= 11 is 0. The van der Waals surface area contributed by atoms with Gasteiger partial charge in [0.05, 0.1) is 12.6 Å². The van der Waals surface area contributed by atoms with Crippen LogP contribution in [0.5, 0.6) is 0 Å². The van der Waals surface area contributed by atoms with E-state index in [1.807, 2.05) is 30.1 Å². The third-order valence-electron chi connectivity index (χ3n) is 4.93. The number of likely N-dealkylation sites (N-methyl/N-ethyl adjacent to an activating group) is 1. The van der Waals surface area contributed by atoms with Crippen LogP contribution in [-0.4, -0.2) is 36.1 Å². The molecule has 0 aliphatic carbocycles. The molecule has 0 spiro atoms. The second-order valence-corrected chi connectivity index (χ2v) is 6.78. The van der Waals surface area contributed by atoms with Gasteiger partial charge in [-0.25, -0.2) is 0 Å². The van der Waals surface area contributed by atoms with Gasteiger partial charge in [-0.05, 0) is 50.0 Å². The first kappa shape index (κ1) is 17.6. The van der Waals surface area contributed by atoms with Crippen molar-refractivity contribution >= 4 is 5.97 Å². The Morgan fingerprint density at radius 1 is 1.16 bits per heavy atom. The molecule has 25 heavy (non-hydrogen) atoms. The van der Waals surface area contributed by atoms with Gasteiger partial charge < -0.3 is 9.84 Å². The van der Waals surface area contributed by atoms with Crippen molar-refractivity contribution in [3.05, 3.63) is 71.3 Å². The van der Waals surface area contributed by atoms with Gasteiger partial charge in [0.15, 0.2) is 0 Å². The van der Waals surface area contributed by atoms with E-state index in [9.17, 15) is 4.79 Å². The van der Waals surface area contributed by atoms with Crippen LogP contribution in [0, 0.1) is 0 Å². The van der Waals surface area contributed by atoms with Crippen molar-refractivity contribution in [1.29, 1.82) is 0 Å². The predicted octanol–water partition coefficient (Wildman–Crippen LogP) is 3.82. The molecule has 0 saturated heterocycles. The molecule has 2 unspecified atom stereocenters. The molecule has 1 heterocycles. The lowest BCUT2D eigenvalue weighted by Gasteiger charge is -2.32. The van der Waals surface area contributed by atoms with Gasteiger partial charge in [0.25, 0.3) is 0 Å². The minimum Gasteiger partial charge on any atom is -0.480 e. The molecule has 0 aromatic heterocycles. The number of nitrogens with zero attached hydrogens (tertiary/aromatic N) is 1. The first-order valence-corrected chi connectivity index (χ1v) is 8.76. The van der Waals surface area contributed by atoms with Gasteiger partial charge in [-0.15, -0.1) is 0 Å². The van der Waals surface area contributed by atoms with E-state index >= 15 is 0 Å². The number of benzene rings is 2. The Labute approximate surface area is 149 Å². The van der Waals surface area contributed by atoms with Crippen molar-refractivity contribution in [3.63, 3.8) is 0 Å². The summed E-state index contributed by atoms with van der Waals surface area (Å²) in [5, 5.41) is 8.92. The first-order chi connectivity index (χ1) is 12.0. The van der Waals surface area contributed by atoms with Crippen LogP contribution < -0.4 is 0 Å². The molecule has 4 nitrogen and oxygen atoms in total. The normalized spacial score (nSPS) is 22.1. The molecule has 0 fully saturated rings. The van der Waals surface area contributed by atoms with Gasteiger partial charge in [0, 0.05) is 0 Å². The molecule has 132 valence electrons. The molecular weight excluding hydrogens is 314 g/mol. The Morgan fingerprint density at radius 3 is 2.56 bits per heavy atom. The van der Waals surface area contributed by atoms with E-state index in [4.69, 9.17) is 9.84 Å². The van der Waals surface area contributed by atoms with Crippen molar-refractivity contribution in [3.8, 4) is 0 Å². The van der Waals surface area contributed by atoms with Crippen LogP contribution >= 0.6 is 0 Å². The molecule has 4 heteroatoms. The molecule has 1 aliphatic heterocycles.